The van der Waals surface area contributed by atoms with E-state index in [1.54, 1.807) is 18.3 Å². The standard InChI is InChI=1S/C22H19N2O3S/c1-14(22(25)24(2)26)15-7-8-17-12-18(10-9-16(17)11-15)27-13-21-23-19-5-3-4-6-20(19)28-21/h3-12,14H,13H2,1-2H3/q-1/t14-/m0/s1. The van der Waals surface area contributed by atoms with Crippen LogP contribution in [-0.4, -0.2) is 23.0 Å². The summed E-state index contributed by atoms with van der Waals surface area (Å²) in [6, 6.07) is 19.7. The van der Waals surface area contributed by atoms with Crippen LogP contribution >= 0.6 is 11.3 Å². The Bertz CT molecular complexity index is 1120. The maximum atomic E-state index is 11.9. The molecule has 0 fully saturated rings. The number of amides is 1. The molecule has 1 atom stereocenters. The maximum Gasteiger partial charge on any atom is 0.219 e. The molecule has 6 heteroatoms. The van der Waals surface area contributed by atoms with Crippen LogP contribution in [0.2, 0.25) is 0 Å². The maximum absolute atomic E-state index is 11.9. The van der Waals surface area contributed by atoms with Crippen LogP contribution in [0.5, 0.6) is 5.75 Å². The zero-order valence-corrected chi connectivity index (χ0v) is 16.4. The number of para-hydroxylation sites is 1. The van der Waals surface area contributed by atoms with Crippen LogP contribution in [0, 0.1) is 5.21 Å². The van der Waals surface area contributed by atoms with E-state index in [4.69, 9.17) is 4.74 Å². The summed E-state index contributed by atoms with van der Waals surface area (Å²) in [5.41, 5.74) is 1.81. The predicted octanol–water partition coefficient (Wildman–Crippen LogP) is 5.09. The lowest BCUT2D eigenvalue weighted by atomic mass is 9.97. The molecule has 0 aliphatic heterocycles. The molecule has 0 radical (unpaired) electrons. The van der Waals surface area contributed by atoms with Gasteiger partial charge in [-0.1, -0.05) is 36.4 Å². The molecule has 142 valence electrons. The molecule has 4 aromatic rings. The van der Waals surface area contributed by atoms with E-state index in [2.05, 4.69) is 11.1 Å². The Morgan fingerprint density at radius 2 is 1.89 bits per heavy atom. The number of rotatable bonds is 5. The summed E-state index contributed by atoms with van der Waals surface area (Å²) < 4.78 is 7.08. The first-order valence-electron chi connectivity index (χ1n) is 8.97. The number of fused-ring (bicyclic) bond motifs is 2. The molecule has 5 nitrogen and oxygen atoms in total. The third-order valence-electron chi connectivity index (χ3n) is 4.72. The highest BCUT2D eigenvalue weighted by molar-refractivity contribution is 7.18. The normalized spacial score (nSPS) is 12.2. The van der Waals surface area contributed by atoms with Crippen molar-refractivity contribution in [2.45, 2.75) is 19.4 Å². The van der Waals surface area contributed by atoms with Crippen LogP contribution in [-0.2, 0) is 11.4 Å². The fourth-order valence-electron chi connectivity index (χ4n) is 3.14. The zero-order chi connectivity index (χ0) is 19.7. The lowest BCUT2D eigenvalue weighted by molar-refractivity contribution is -0.128. The Morgan fingerprint density at radius 1 is 1.14 bits per heavy atom. The molecule has 1 amide bonds. The van der Waals surface area contributed by atoms with Gasteiger partial charge in [0.2, 0.25) is 5.91 Å². The first kappa shape index (κ1) is 18.4. The highest BCUT2D eigenvalue weighted by Crippen LogP contribution is 2.27. The fourth-order valence-corrected chi connectivity index (χ4v) is 4.02. The van der Waals surface area contributed by atoms with Gasteiger partial charge < -0.3 is 15.0 Å². The molecular formula is C22H19N2O3S-. The predicted molar refractivity (Wildman–Crippen MR) is 112 cm³/mol. The summed E-state index contributed by atoms with van der Waals surface area (Å²) in [6.45, 7) is 2.16. The average Bonchev–Trinajstić information content (AvgIpc) is 3.13. The zero-order valence-electron chi connectivity index (χ0n) is 15.6. The number of nitrogens with zero attached hydrogens (tertiary/aromatic N) is 2. The number of hydrogen-bond donors (Lipinski definition) is 0. The van der Waals surface area contributed by atoms with Crippen molar-refractivity contribution in [3.63, 3.8) is 0 Å². The summed E-state index contributed by atoms with van der Waals surface area (Å²) in [5.74, 6) is -0.153. The molecule has 0 aliphatic rings. The van der Waals surface area contributed by atoms with Crippen molar-refractivity contribution >= 4 is 38.2 Å². The lowest BCUT2D eigenvalue weighted by Gasteiger charge is -2.26. The molecule has 0 saturated heterocycles. The summed E-state index contributed by atoms with van der Waals surface area (Å²) in [6.07, 6.45) is 0. The van der Waals surface area contributed by atoms with Gasteiger partial charge in [-0.05, 0) is 54.6 Å². The number of thiazole rings is 1. The SMILES string of the molecule is C[C@H](C(=O)N(C)[O-])c1ccc2cc(OCc3nc4ccccc4s3)ccc2c1. The van der Waals surface area contributed by atoms with E-state index in [9.17, 15) is 10.0 Å². The van der Waals surface area contributed by atoms with Crippen LogP contribution in [0.25, 0.3) is 21.0 Å². The van der Waals surface area contributed by atoms with E-state index in [0.717, 1.165) is 37.3 Å². The van der Waals surface area contributed by atoms with Crippen molar-refractivity contribution in [2.75, 3.05) is 7.05 Å². The summed E-state index contributed by atoms with van der Waals surface area (Å²) in [7, 11) is 1.23. The number of likely N-dealkylation sites (N-methyl/N-ethyl adjacent to an activating group) is 1. The van der Waals surface area contributed by atoms with Gasteiger partial charge in [-0.2, -0.15) is 0 Å². The van der Waals surface area contributed by atoms with Crippen molar-refractivity contribution < 1.29 is 9.53 Å². The molecule has 0 bridgehead atoms. The number of carbonyl (C=O) groups is 1. The Morgan fingerprint density at radius 3 is 2.68 bits per heavy atom. The van der Waals surface area contributed by atoms with E-state index in [1.807, 2.05) is 54.6 Å². The summed E-state index contributed by atoms with van der Waals surface area (Å²) in [4.78, 5) is 16.5. The Labute approximate surface area is 166 Å². The molecule has 0 saturated carbocycles. The number of aromatic nitrogens is 1. The lowest BCUT2D eigenvalue weighted by Crippen LogP contribution is -2.25. The van der Waals surface area contributed by atoms with Crippen LogP contribution in [0.1, 0.15) is 23.4 Å². The fraction of sp³-hybridized carbons (Fsp3) is 0.182. The molecule has 0 spiro atoms. The molecule has 1 aromatic heterocycles. The van der Waals surface area contributed by atoms with Gasteiger partial charge in [-0.3, -0.25) is 4.79 Å². The monoisotopic (exact) mass is 391 g/mol. The molecule has 0 aliphatic carbocycles. The van der Waals surface area contributed by atoms with E-state index < -0.39 is 11.8 Å². The molecular weight excluding hydrogens is 372 g/mol. The van der Waals surface area contributed by atoms with E-state index >= 15 is 0 Å². The first-order valence-corrected chi connectivity index (χ1v) is 9.78. The van der Waals surface area contributed by atoms with Gasteiger partial charge in [-0.25, -0.2) is 4.98 Å². The molecule has 4 rings (SSSR count). The van der Waals surface area contributed by atoms with Crippen molar-refractivity contribution in [1.82, 2.24) is 10.0 Å². The summed E-state index contributed by atoms with van der Waals surface area (Å²) in [5, 5.41) is 14.6. The number of benzene rings is 3. The minimum absolute atomic E-state index is 0.383. The molecule has 3 aromatic carbocycles. The topological polar surface area (TPSA) is 65.5 Å². The third-order valence-corrected chi connectivity index (χ3v) is 5.73. The minimum atomic E-state index is -0.470. The van der Waals surface area contributed by atoms with Crippen LogP contribution in [0.4, 0.5) is 0 Å². The van der Waals surface area contributed by atoms with Gasteiger partial charge >= 0.3 is 0 Å². The van der Waals surface area contributed by atoms with E-state index in [-0.39, 0.29) is 0 Å². The van der Waals surface area contributed by atoms with Gasteiger partial charge in [0.15, 0.2) is 0 Å². The molecule has 1 heterocycles. The van der Waals surface area contributed by atoms with Crippen LogP contribution < -0.4 is 4.74 Å². The largest absolute Gasteiger partial charge is 0.756 e. The van der Waals surface area contributed by atoms with Gasteiger partial charge in [0, 0.05) is 0 Å². The second-order valence-corrected chi connectivity index (χ2v) is 7.80. The van der Waals surface area contributed by atoms with Crippen molar-refractivity contribution in [3.05, 3.63) is 76.4 Å². The smallest absolute Gasteiger partial charge is 0.219 e. The van der Waals surface area contributed by atoms with Crippen LogP contribution in [0.15, 0.2) is 60.7 Å². The van der Waals surface area contributed by atoms with Gasteiger partial charge in [-0.15, -0.1) is 11.3 Å². The van der Waals surface area contributed by atoms with Crippen LogP contribution in [0.3, 0.4) is 0 Å². The second-order valence-electron chi connectivity index (χ2n) is 6.69. The highest BCUT2D eigenvalue weighted by atomic mass is 32.1. The first-order chi connectivity index (χ1) is 13.5. The summed E-state index contributed by atoms with van der Waals surface area (Å²) >= 11 is 1.63. The van der Waals surface area contributed by atoms with E-state index in [1.165, 1.54) is 7.05 Å². The second kappa shape index (κ2) is 7.58. The van der Waals surface area contributed by atoms with Gasteiger partial charge in [0.1, 0.15) is 17.4 Å². The Hall–Kier alpha value is -2.96. The van der Waals surface area contributed by atoms with Crippen molar-refractivity contribution in [1.29, 1.82) is 0 Å². The number of ether oxygens (including phenoxy) is 1. The van der Waals surface area contributed by atoms with Crippen molar-refractivity contribution in [2.24, 2.45) is 0 Å². The van der Waals surface area contributed by atoms with Crippen molar-refractivity contribution in [3.8, 4) is 5.75 Å². The number of hydroxylamine groups is 2. The molecule has 0 N–H and O–H groups in total. The average molecular weight is 391 g/mol. The number of carbonyl (C=O) groups excluding carboxylic acids is 1. The van der Waals surface area contributed by atoms with Gasteiger partial charge in [0.25, 0.3) is 0 Å². The minimum Gasteiger partial charge on any atom is -0.756 e. The van der Waals surface area contributed by atoms with Gasteiger partial charge in [0.05, 0.1) is 16.1 Å². The third kappa shape index (κ3) is 3.69. The van der Waals surface area contributed by atoms with E-state index in [0.29, 0.717) is 11.7 Å². The molecule has 28 heavy (non-hydrogen) atoms. The highest BCUT2D eigenvalue weighted by Gasteiger charge is 2.15. The molecule has 0 unspecified atom stereocenters. The Balaban J connectivity index is 1.51. The Kier molecular flexibility index (Phi) is 4.98. The quantitative estimate of drug-likeness (QED) is 0.445. The number of hydrogen-bond acceptors (Lipinski definition) is 5.